The van der Waals surface area contributed by atoms with Crippen LogP contribution in [-0.4, -0.2) is 56.8 Å². The Morgan fingerprint density at radius 3 is 3.07 bits per heavy atom. The number of hydrogen-bond donors (Lipinski definition) is 1. The Labute approximate surface area is 171 Å². The molecule has 0 aliphatic carbocycles. The zero-order valence-corrected chi connectivity index (χ0v) is 17.2. The molecule has 3 fully saturated rings. The van der Waals surface area contributed by atoms with Gasteiger partial charge in [-0.2, -0.15) is 20.1 Å². The highest BCUT2D eigenvalue weighted by atomic mass is 32.1. The van der Waals surface area contributed by atoms with E-state index in [4.69, 9.17) is 4.74 Å². The lowest BCUT2D eigenvalue weighted by Gasteiger charge is -2.29. The van der Waals surface area contributed by atoms with Crippen LogP contribution in [-0.2, 0) is 16.0 Å². The predicted molar refractivity (Wildman–Crippen MR) is 105 cm³/mol. The number of thiophene rings is 1. The van der Waals surface area contributed by atoms with Gasteiger partial charge in [0.15, 0.2) is 5.69 Å². The monoisotopic (exact) mass is 418 g/mol. The van der Waals surface area contributed by atoms with Gasteiger partial charge in [-0.25, -0.2) is 0 Å². The van der Waals surface area contributed by atoms with E-state index in [1.165, 1.54) is 0 Å². The lowest BCUT2D eigenvalue weighted by atomic mass is 9.73. The summed E-state index contributed by atoms with van der Waals surface area (Å²) < 4.78 is 14.5. The van der Waals surface area contributed by atoms with Gasteiger partial charge in [-0.3, -0.25) is 9.59 Å². The summed E-state index contributed by atoms with van der Waals surface area (Å²) in [6.45, 7) is 3.75. The largest absolute Gasteiger partial charge is 0.369 e. The van der Waals surface area contributed by atoms with Crippen LogP contribution in [0, 0.1) is 18.8 Å². The first-order valence-corrected chi connectivity index (χ1v) is 11.3. The first-order chi connectivity index (χ1) is 13.6. The number of ether oxygens (including phenoxy) is 1. The Bertz CT molecular complexity index is 899. The number of nitrogens with one attached hydrogen (secondary N) is 1. The first kappa shape index (κ1) is 18.2. The summed E-state index contributed by atoms with van der Waals surface area (Å²) in [5, 5.41) is 7.06. The molecule has 148 valence electrons. The van der Waals surface area contributed by atoms with Gasteiger partial charge in [0.2, 0.25) is 5.91 Å². The third-order valence-corrected chi connectivity index (χ3v) is 7.79. The van der Waals surface area contributed by atoms with E-state index in [0.717, 1.165) is 36.7 Å². The molecule has 9 heteroatoms. The van der Waals surface area contributed by atoms with Crippen molar-refractivity contribution in [3.8, 4) is 0 Å². The van der Waals surface area contributed by atoms with Crippen molar-refractivity contribution in [1.29, 1.82) is 0 Å². The second-order valence-corrected chi connectivity index (χ2v) is 9.33. The Morgan fingerprint density at radius 2 is 2.32 bits per heavy atom. The smallest absolute Gasteiger partial charge is 0.272 e. The Kier molecular flexibility index (Phi) is 4.48. The number of carbonyl (C=O) groups excluding carboxylic acids is 2. The minimum absolute atomic E-state index is 0.168. The highest BCUT2D eigenvalue weighted by Crippen LogP contribution is 2.54. The summed E-state index contributed by atoms with van der Waals surface area (Å²) >= 11 is 2.67. The quantitative estimate of drug-likeness (QED) is 0.802. The number of nitrogens with zero attached hydrogens (tertiary/aromatic N) is 3. The molecule has 5 rings (SSSR count). The number of fused-ring (bicyclic) bond motifs is 1. The number of rotatable bonds is 5. The van der Waals surface area contributed by atoms with Crippen LogP contribution in [0.15, 0.2) is 16.8 Å². The molecule has 1 N–H and O–H groups in total. The summed E-state index contributed by atoms with van der Waals surface area (Å²) in [5.74, 6) is 0.517. The van der Waals surface area contributed by atoms with Gasteiger partial charge < -0.3 is 15.0 Å². The predicted octanol–water partition coefficient (Wildman–Crippen LogP) is 1.89. The van der Waals surface area contributed by atoms with Gasteiger partial charge in [-0.15, -0.1) is 0 Å². The highest BCUT2D eigenvalue weighted by Gasteiger charge is 2.63. The Balaban J connectivity index is 1.25. The minimum Gasteiger partial charge on any atom is -0.369 e. The number of hydrogen-bond acceptors (Lipinski definition) is 7. The average molecular weight is 419 g/mol. The fourth-order valence-corrected chi connectivity index (χ4v) is 6.28. The van der Waals surface area contributed by atoms with Gasteiger partial charge in [-0.05, 0) is 42.2 Å². The molecule has 3 aliphatic heterocycles. The number of aromatic nitrogens is 2. The summed E-state index contributed by atoms with van der Waals surface area (Å²) in [4.78, 5) is 27.2. The zero-order valence-electron chi connectivity index (χ0n) is 15.6. The van der Waals surface area contributed by atoms with Gasteiger partial charge in [0, 0.05) is 24.9 Å². The molecular formula is C19H22N4O3S2. The standard InChI is InChI=1S/C19H22N4O3S2/c1-11-17(22-28-21-11)18(25)20-7-13-14-8-23(10-19(14)4-2-15(13)26-19)16(24)6-12-3-5-27-9-12/h3,5,9,13-15H,2,4,6-8,10H2,1H3,(H,20,25)/t13-,14+,15+,19+/m0/s1. The molecule has 1 spiro atoms. The Hall–Kier alpha value is -1.84. The maximum atomic E-state index is 12.8. The number of aryl methyl sites for hydroxylation is 1. The number of likely N-dealkylation sites (tertiary alicyclic amines) is 1. The molecule has 3 aliphatic rings. The number of amides is 2. The van der Waals surface area contributed by atoms with Gasteiger partial charge in [0.05, 0.1) is 42.1 Å². The normalized spacial score (nSPS) is 30.6. The zero-order chi connectivity index (χ0) is 19.3. The van der Waals surface area contributed by atoms with Crippen molar-refractivity contribution in [2.75, 3.05) is 19.6 Å². The van der Waals surface area contributed by atoms with E-state index in [2.05, 4.69) is 14.1 Å². The maximum Gasteiger partial charge on any atom is 0.272 e. The molecule has 2 aromatic rings. The molecular weight excluding hydrogens is 396 g/mol. The molecule has 3 saturated heterocycles. The molecule has 4 atom stereocenters. The topological polar surface area (TPSA) is 84.4 Å². The van der Waals surface area contributed by atoms with Gasteiger partial charge in [0.25, 0.3) is 5.91 Å². The fraction of sp³-hybridized carbons (Fsp3) is 0.579. The summed E-state index contributed by atoms with van der Waals surface area (Å²) in [5.41, 5.74) is 1.92. The van der Waals surface area contributed by atoms with Gasteiger partial charge in [0.1, 0.15) is 0 Å². The van der Waals surface area contributed by atoms with Crippen LogP contribution in [0.4, 0.5) is 0 Å². The molecule has 2 aromatic heterocycles. The van der Waals surface area contributed by atoms with Gasteiger partial charge in [-0.1, -0.05) is 0 Å². The third-order valence-electron chi connectivity index (χ3n) is 6.44. The van der Waals surface area contributed by atoms with Crippen LogP contribution >= 0.6 is 23.1 Å². The molecule has 7 nitrogen and oxygen atoms in total. The van der Waals surface area contributed by atoms with E-state index in [-0.39, 0.29) is 35.4 Å². The lowest BCUT2D eigenvalue weighted by Crippen LogP contribution is -2.42. The van der Waals surface area contributed by atoms with E-state index in [1.807, 2.05) is 21.7 Å². The lowest BCUT2D eigenvalue weighted by molar-refractivity contribution is -0.131. The van der Waals surface area contributed by atoms with Crippen LogP contribution in [0.3, 0.4) is 0 Å². The summed E-state index contributed by atoms with van der Waals surface area (Å²) in [7, 11) is 0. The van der Waals surface area contributed by atoms with Crippen molar-refractivity contribution in [3.05, 3.63) is 33.8 Å². The van der Waals surface area contributed by atoms with Crippen LogP contribution in [0.2, 0.25) is 0 Å². The highest BCUT2D eigenvalue weighted by molar-refractivity contribution is 7.08. The molecule has 2 bridgehead atoms. The Morgan fingerprint density at radius 1 is 1.43 bits per heavy atom. The van der Waals surface area contributed by atoms with Crippen LogP contribution < -0.4 is 5.32 Å². The summed E-state index contributed by atoms with van der Waals surface area (Å²) in [6, 6.07) is 2.01. The van der Waals surface area contributed by atoms with Crippen molar-refractivity contribution >= 4 is 34.9 Å². The van der Waals surface area contributed by atoms with E-state index >= 15 is 0 Å². The SMILES string of the molecule is Cc1nsnc1C(=O)NC[C@H]1[C@H]2CN(C(=O)Cc3ccsc3)C[C@]23CC[C@H]1O3. The first-order valence-electron chi connectivity index (χ1n) is 9.60. The van der Waals surface area contributed by atoms with Crippen LogP contribution in [0.5, 0.6) is 0 Å². The van der Waals surface area contributed by atoms with Crippen LogP contribution in [0.1, 0.15) is 34.6 Å². The molecule has 0 saturated carbocycles. The molecule has 0 aromatic carbocycles. The van der Waals surface area contributed by atoms with Gasteiger partial charge >= 0.3 is 0 Å². The molecule has 5 heterocycles. The van der Waals surface area contributed by atoms with E-state index in [9.17, 15) is 9.59 Å². The fourth-order valence-electron chi connectivity index (χ4n) is 5.06. The van der Waals surface area contributed by atoms with Crippen molar-refractivity contribution in [2.24, 2.45) is 11.8 Å². The minimum atomic E-state index is -0.220. The second-order valence-electron chi connectivity index (χ2n) is 8.02. The van der Waals surface area contributed by atoms with Crippen LogP contribution in [0.25, 0.3) is 0 Å². The van der Waals surface area contributed by atoms with E-state index in [0.29, 0.717) is 30.9 Å². The van der Waals surface area contributed by atoms with E-state index in [1.54, 1.807) is 18.3 Å². The second kappa shape index (κ2) is 6.89. The van der Waals surface area contributed by atoms with Crippen molar-refractivity contribution in [3.63, 3.8) is 0 Å². The maximum absolute atomic E-state index is 12.8. The van der Waals surface area contributed by atoms with E-state index < -0.39 is 0 Å². The number of carbonyl (C=O) groups is 2. The summed E-state index contributed by atoms with van der Waals surface area (Å²) in [6.07, 6.45) is 2.63. The van der Waals surface area contributed by atoms with Crippen molar-refractivity contribution in [2.45, 2.75) is 37.9 Å². The van der Waals surface area contributed by atoms with Crippen molar-refractivity contribution < 1.29 is 14.3 Å². The average Bonchev–Trinajstić information content (AvgIpc) is 3.46. The third kappa shape index (κ3) is 2.96. The molecule has 0 unspecified atom stereocenters. The van der Waals surface area contributed by atoms with Crippen molar-refractivity contribution in [1.82, 2.24) is 19.0 Å². The molecule has 0 radical (unpaired) electrons. The molecule has 28 heavy (non-hydrogen) atoms. The molecule has 2 amide bonds.